The predicted octanol–water partition coefficient (Wildman–Crippen LogP) is 1.73. The Morgan fingerprint density at radius 2 is 2.13 bits per heavy atom. The predicted molar refractivity (Wildman–Crippen MR) is 59.3 cm³/mol. The molecule has 15 heavy (non-hydrogen) atoms. The summed E-state index contributed by atoms with van der Waals surface area (Å²) < 4.78 is 2.01. The summed E-state index contributed by atoms with van der Waals surface area (Å²) in [6.07, 6.45) is 6.23. The first-order chi connectivity index (χ1) is 7.29. The summed E-state index contributed by atoms with van der Waals surface area (Å²) in [7, 11) is 4.11. The first-order valence-corrected chi connectivity index (χ1v) is 5.94. The molecular formula is C12H19N3. The van der Waals surface area contributed by atoms with Crippen molar-refractivity contribution in [1.29, 1.82) is 0 Å². The molecule has 0 bridgehead atoms. The zero-order chi connectivity index (χ0) is 10.4. The van der Waals surface area contributed by atoms with Gasteiger partial charge in [-0.3, -0.25) is 4.68 Å². The van der Waals surface area contributed by atoms with E-state index in [1.807, 2.05) is 17.9 Å². The van der Waals surface area contributed by atoms with Gasteiger partial charge in [-0.15, -0.1) is 0 Å². The molecule has 1 N–H and O–H groups in total. The molecule has 2 aliphatic rings. The van der Waals surface area contributed by atoms with Crippen molar-refractivity contribution in [3.05, 3.63) is 18.0 Å². The standard InChI is InChI=1S/C12H19N3/c1-13-12(11-3-4-14-15(11)2)10-6-8-5-9(8)7-10/h3-4,8-10,12-13H,5-7H2,1-2H3. The summed E-state index contributed by atoms with van der Waals surface area (Å²) in [6.45, 7) is 0. The van der Waals surface area contributed by atoms with Crippen LogP contribution in [0.4, 0.5) is 0 Å². The molecule has 0 radical (unpaired) electrons. The Kier molecular flexibility index (Phi) is 2.09. The lowest BCUT2D eigenvalue weighted by molar-refractivity contribution is 0.344. The van der Waals surface area contributed by atoms with E-state index in [2.05, 4.69) is 23.5 Å². The van der Waals surface area contributed by atoms with Crippen molar-refractivity contribution in [2.45, 2.75) is 25.3 Å². The van der Waals surface area contributed by atoms with Gasteiger partial charge in [0.25, 0.3) is 0 Å². The second-order valence-corrected chi connectivity index (χ2v) is 5.13. The molecule has 3 unspecified atom stereocenters. The topological polar surface area (TPSA) is 29.9 Å². The first kappa shape index (κ1) is 9.40. The van der Waals surface area contributed by atoms with Crippen molar-refractivity contribution in [3.8, 4) is 0 Å². The number of rotatable bonds is 3. The molecule has 1 heterocycles. The van der Waals surface area contributed by atoms with Crippen LogP contribution in [0.2, 0.25) is 0 Å². The van der Waals surface area contributed by atoms with Crippen LogP contribution in [0, 0.1) is 17.8 Å². The lowest BCUT2D eigenvalue weighted by atomic mass is 9.92. The second-order valence-electron chi connectivity index (χ2n) is 5.13. The van der Waals surface area contributed by atoms with Gasteiger partial charge in [-0.25, -0.2) is 0 Å². The van der Waals surface area contributed by atoms with Crippen molar-refractivity contribution < 1.29 is 0 Å². The van der Waals surface area contributed by atoms with Gasteiger partial charge in [0.2, 0.25) is 0 Å². The average Bonchev–Trinajstić information content (AvgIpc) is 2.65. The maximum atomic E-state index is 4.26. The van der Waals surface area contributed by atoms with Crippen LogP contribution in [0.5, 0.6) is 0 Å². The molecule has 82 valence electrons. The lowest BCUT2D eigenvalue weighted by Crippen LogP contribution is -2.26. The largest absolute Gasteiger partial charge is 0.311 e. The van der Waals surface area contributed by atoms with Crippen molar-refractivity contribution >= 4 is 0 Å². The van der Waals surface area contributed by atoms with E-state index in [1.54, 1.807) is 0 Å². The molecule has 2 saturated carbocycles. The number of hydrogen-bond acceptors (Lipinski definition) is 2. The fraction of sp³-hybridized carbons (Fsp3) is 0.750. The molecule has 0 aliphatic heterocycles. The SMILES string of the molecule is CNC(c1ccnn1C)C1CC2CC2C1. The molecule has 1 aromatic heterocycles. The highest BCUT2D eigenvalue weighted by molar-refractivity contribution is 5.11. The minimum Gasteiger partial charge on any atom is -0.311 e. The molecule has 0 saturated heterocycles. The third kappa shape index (κ3) is 1.49. The van der Waals surface area contributed by atoms with Crippen molar-refractivity contribution in [3.63, 3.8) is 0 Å². The molecule has 3 nitrogen and oxygen atoms in total. The van der Waals surface area contributed by atoms with E-state index in [0.29, 0.717) is 6.04 Å². The number of fused-ring (bicyclic) bond motifs is 1. The Hall–Kier alpha value is -0.830. The normalized spacial score (nSPS) is 35.2. The van der Waals surface area contributed by atoms with Crippen LogP contribution in [0.25, 0.3) is 0 Å². The van der Waals surface area contributed by atoms with Gasteiger partial charge in [0.15, 0.2) is 0 Å². The summed E-state index contributed by atoms with van der Waals surface area (Å²) in [5, 5.41) is 7.73. The minimum atomic E-state index is 0.505. The Labute approximate surface area is 90.9 Å². The lowest BCUT2D eigenvalue weighted by Gasteiger charge is -2.24. The molecule has 2 fully saturated rings. The number of aromatic nitrogens is 2. The first-order valence-electron chi connectivity index (χ1n) is 5.94. The van der Waals surface area contributed by atoms with E-state index < -0.39 is 0 Å². The van der Waals surface area contributed by atoms with E-state index in [9.17, 15) is 0 Å². The number of nitrogens with zero attached hydrogens (tertiary/aromatic N) is 2. The molecule has 1 aromatic rings. The van der Waals surface area contributed by atoms with Gasteiger partial charge >= 0.3 is 0 Å². The van der Waals surface area contributed by atoms with Gasteiger partial charge in [-0.05, 0) is 50.1 Å². The van der Waals surface area contributed by atoms with Gasteiger partial charge < -0.3 is 5.32 Å². The number of nitrogens with one attached hydrogen (secondary N) is 1. The van der Waals surface area contributed by atoms with E-state index in [1.165, 1.54) is 25.0 Å². The molecule has 0 aromatic carbocycles. The summed E-state index contributed by atoms with van der Waals surface area (Å²) in [5.41, 5.74) is 1.34. The minimum absolute atomic E-state index is 0.505. The van der Waals surface area contributed by atoms with Crippen LogP contribution in [0.3, 0.4) is 0 Å². The van der Waals surface area contributed by atoms with Crippen LogP contribution in [0.15, 0.2) is 12.3 Å². The monoisotopic (exact) mass is 205 g/mol. The molecular weight excluding hydrogens is 186 g/mol. The van der Waals surface area contributed by atoms with Gasteiger partial charge in [0.1, 0.15) is 0 Å². The fourth-order valence-corrected chi connectivity index (χ4v) is 3.35. The third-order valence-corrected chi connectivity index (χ3v) is 4.24. The molecule has 3 heteroatoms. The zero-order valence-corrected chi connectivity index (χ0v) is 9.48. The second kappa shape index (κ2) is 3.34. The zero-order valence-electron chi connectivity index (χ0n) is 9.48. The quantitative estimate of drug-likeness (QED) is 0.814. The smallest absolute Gasteiger partial charge is 0.0553 e. The van der Waals surface area contributed by atoms with E-state index in [-0.39, 0.29) is 0 Å². The van der Waals surface area contributed by atoms with Crippen LogP contribution >= 0.6 is 0 Å². The van der Waals surface area contributed by atoms with Gasteiger partial charge in [0, 0.05) is 13.2 Å². The van der Waals surface area contributed by atoms with Crippen molar-refractivity contribution in [2.75, 3.05) is 7.05 Å². The number of aryl methyl sites for hydroxylation is 1. The summed E-state index contributed by atoms with van der Waals surface area (Å²) in [5.74, 6) is 2.94. The molecule has 0 amide bonds. The van der Waals surface area contributed by atoms with Gasteiger partial charge in [-0.1, -0.05) is 0 Å². The maximum Gasteiger partial charge on any atom is 0.0553 e. The third-order valence-electron chi connectivity index (χ3n) is 4.24. The van der Waals surface area contributed by atoms with Crippen molar-refractivity contribution in [2.24, 2.45) is 24.8 Å². The van der Waals surface area contributed by atoms with Gasteiger partial charge in [-0.2, -0.15) is 5.10 Å². The highest BCUT2D eigenvalue weighted by Crippen LogP contribution is 2.56. The Balaban J connectivity index is 1.79. The van der Waals surface area contributed by atoms with Gasteiger partial charge in [0.05, 0.1) is 11.7 Å². The summed E-state index contributed by atoms with van der Waals surface area (Å²) >= 11 is 0. The van der Waals surface area contributed by atoms with Crippen LogP contribution in [0.1, 0.15) is 31.0 Å². The summed E-state index contributed by atoms with van der Waals surface area (Å²) in [6, 6.07) is 2.65. The fourth-order valence-electron chi connectivity index (χ4n) is 3.35. The van der Waals surface area contributed by atoms with E-state index in [4.69, 9.17) is 0 Å². The highest BCUT2D eigenvalue weighted by atomic mass is 15.3. The van der Waals surface area contributed by atoms with Crippen LogP contribution in [-0.2, 0) is 7.05 Å². The Bertz CT molecular complexity index is 348. The van der Waals surface area contributed by atoms with E-state index >= 15 is 0 Å². The molecule has 0 spiro atoms. The van der Waals surface area contributed by atoms with Crippen molar-refractivity contribution in [1.82, 2.24) is 15.1 Å². The Morgan fingerprint density at radius 1 is 1.40 bits per heavy atom. The molecule has 3 atom stereocenters. The molecule has 3 rings (SSSR count). The average molecular weight is 205 g/mol. The molecule has 2 aliphatic carbocycles. The highest BCUT2D eigenvalue weighted by Gasteiger charge is 2.48. The van der Waals surface area contributed by atoms with E-state index in [0.717, 1.165) is 17.8 Å². The Morgan fingerprint density at radius 3 is 2.67 bits per heavy atom. The van der Waals surface area contributed by atoms with Crippen LogP contribution in [-0.4, -0.2) is 16.8 Å². The summed E-state index contributed by atoms with van der Waals surface area (Å²) in [4.78, 5) is 0. The number of hydrogen-bond donors (Lipinski definition) is 1. The maximum absolute atomic E-state index is 4.26. The van der Waals surface area contributed by atoms with Crippen LogP contribution < -0.4 is 5.32 Å².